The maximum absolute atomic E-state index is 3.46. The van der Waals surface area contributed by atoms with Crippen LogP contribution in [-0.2, 0) is 27.1 Å². The third-order valence-corrected chi connectivity index (χ3v) is 3.96. The predicted molar refractivity (Wildman–Crippen MR) is 66.7 cm³/mol. The molecule has 91 valence electrons. The number of allylic oxidation sites excluding steroid dienone is 1. The van der Waals surface area contributed by atoms with Gasteiger partial charge in [0.1, 0.15) is 0 Å². The van der Waals surface area contributed by atoms with E-state index in [9.17, 15) is 0 Å². The summed E-state index contributed by atoms with van der Waals surface area (Å²) in [6, 6.07) is 10.8. The molecule has 0 amide bonds. The van der Waals surface area contributed by atoms with Gasteiger partial charge in [-0.25, -0.2) is 6.07 Å². The largest absolute Gasteiger partial charge is 3.00 e. The van der Waals surface area contributed by atoms with E-state index < -0.39 is 0 Å². The van der Waals surface area contributed by atoms with E-state index in [1.54, 1.807) is 0 Å². The second-order valence-corrected chi connectivity index (χ2v) is 5.01. The molecule has 0 N–H and O–H groups in total. The molecule has 18 heavy (non-hydrogen) atoms. The third kappa shape index (κ3) is 2.79. The molecule has 1 aliphatic carbocycles. The summed E-state index contributed by atoms with van der Waals surface area (Å²) < 4.78 is 0. The molecule has 4 heteroatoms. The van der Waals surface area contributed by atoms with Crippen molar-refractivity contribution in [3.05, 3.63) is 64.7 Å². The van der Waals surface area contributed by atoms with Gasteiger partial charge in [0.15, 0.2) is 0 Å². The Morgan fingerprint density at radius 3 is 2.50 bits per heavy atom. The van der Waals surface area contributed by atoms with E-state index in [-0.39, 0.29) is 51.9 Å². The maximum atomic E-state index is 3.46. The molecule has 3 rings (SSSR count). The fraction of sp³-hybridized carbons (Fsp3) is 0.143. The number of hydrogen-bond donors (Lipinski definition) is 0. The van der Waals surface area contributed by atoms with Gasteiger partial charge >= 0.3 is 21.7 Å². The van der Waals surface area contributed by atoms with Crippen molar-refractivity contribution in [2.75, 3.05) is 0 Å². The summed E-state index contributed by atoms with van der Waals surface area (Å²) in [6.45, 7) is 2.28. The Morgan fingerprint density at radius 2 is 1.83 bits per heavy atom. The van der Waals surface area contributed by atoms with Crippen molar-refractivity contribution in [2.24, 2.45) is 0 Å². The SMILES string of the molecule is CC1(c2[c-][pH]cc2)C=Cc2ccccc21.[Cl-].[Cl-].[Ti+3]. The number of hydrogen-bond acceptors (Lipinski definition) is 0. The van der Waals surface area contributed by atoms with Gasteiger partial charge in [0, 0.05) is 5.41 Å². The van der Waals surface area contributed by atoms with E-state index in [1.807, 2.05) is 0 Å². The Bertz CT molecular complexity index is 522. The van der Waals surface area contributed by atoms with Crippen LogP contribution in [0.2, 0.25) is 0 Å². The van der Waals surface area contributed by atoms with E-state index in [4.69, 9.17) is 0 Å². The Balaban J connectivity index is 0.000000963. The van der Waals surface area contributed by atoms with Gasteiger partial charge in [0.2, 0.25) is 0 Å². The molecule has 2 aromatic rings. The van der Waals surface area contributed by atoms with Crippen LogP contribution in [0.4, 0.5) is 0 Å². The summed E-state index contributed by atoms with van der Waals surface area (Å²) in [5, 5.41) is 0. The van der Waals surface area contributed by atoms with Gasteiger partial charge in [-0.15, -0.1) is 0 Å². The monoisotopic (exact) mass is 329 g/mol. The van der Waals surface area contributed by atoms with E-state index in [1.165, 1.54) is 16.7 Å². The first-order valence-corrected chi connectivity index (χ1v) is 6.23. The Hall–Kier alpha value is 0.0343. The van der Waals surface area contributed by atoms with Crippen LogP contribution in [0, 0.1) is 5.80 Å². The quantitative estimate of drug-likeness (QED) is 0.414. The molecule has 0 bridgehead atoms. The van der Waals surface area contributed by atoms with Crippen molar-refractivity contribution in [2.45, 2.75) is 12.3 Å². The van der Waals surface area contributed by atoms with Crippen molar-refractivity contribution >= 4 is 14.3 Å². The summed E-state index contributed by atoms with van der Waals surface area (Å²) in [6.07, 6.45) is 4.51. The first-order chi connectivity index (χ1) is 7.31. The Labute approximate surface area is 137 Å². The van der Waals surface area contributed by atoms with Gasteiger partial charge in [0.25, 0.3) is 0 Å². The van der Waals surface area contributed by atoms with Crippen molar-refractivity contribution in [3.63, 3.8) is 0 Å². The van der Waals surface area contributed by atoms with Crippen LogP contribution in [0.15, 0.2) is 42.2 Å². The van der Waals surface area contributed by atoms with Crippen LogP contribution >= 0.6 is 8.19 Å². The van der Waals surface area contributed by atoms with Gasteiger partial charge in [-0.05, 0) is 18.1 Å². The summed E-state index contributed by atoms with van der Waals surface area (Å²) in [4.78, 5) is 0. The van der Waals surface area contributed by atoms with E-state index in [0.29, 0.717) is 0 Å². The average Bonchev–Trinajstić information content (AvgIpc) is 2.88. The van der Waals surface area contributed by atoms with Crippen LogP contribution in [0.3, 0.4) is 0 Å². The summed E-state index contributed by atoms with van der Waals surface area (Å²) in [5.74, 6) is 5.67. The number of rotatable bonds is 1. The molecule has 1 aliphatic rings. The molecule has 0 fully saturated rings. The normalized spacial score (nSPS) is 19.6. The molecule has 2 unspecified atom stereocenters. The Morgan fingerprint density at radius 1 is 1.11 bits per heavy atom. The zero-order valence-electron chi connectivity index (χ0n) is 9.87. The van der Waals surface area contributed by atoms with Gasteiger partial charge < -0.3 is 24.8 Å². The minimum atomic E-state index is 0. The molecule has 0 nitrogen and oxygen atoms in total. The van der Waals surface area contributed by atoms with Gasteiger partial charge in [0.05, 0.1) is 0 Å². The van der Waals surface area contributed by atoms with Crippen LogP contribution < -0.4 is 24.8 Å². The number of fused-ring (bicyclic) bond motifs is 1. The van der Waals surface area contributed by atoms with E-state index in [0.717, 1.165) is 8.19 Å². The van der Waals surface area contributed by atoms with Crippen LogP contribution in [-0.4, -0.2) is 0 Å². The van der Waals surface area contributed by atoms with Crippen molar-refractivity contribution in [3.8, 4) is 0 Å². The van der Waals surface area contributed by atoms with Crippen molar-refractivity contribution < 1.29 is 46.5 Å². The topological polar surface area (TPSA) is 0 Å². The predicted octanol–water partition coefficient (Wildman–Crippen LogP) is -2.14. The first kappa shape index (κ1) is 18.0. The Kier molecular flexibility index (Phi) is 7.00. The van der Waals surface area contributed by atoms with Crippen LogP contribution in [0.25, 0.3) is 6.08 Å². The molecular formula is C14H12Cl2PTi. The molecule has 0 spiro atoms. The molecule has 0 saturated heterocycles. The molecule has 1 aromatic heterocycles. The van der Waals surface area contributed by atoms with Crippen LogP contribution in [0.5, 0.6) is 0 Å². The first-order valence-electron chi connectivity index (χ1n) is 5.15. The molecule has 1 heterocycles. The fourth-order valence-corrected chi connectivity index (χ4v) is 3.12. The number of benzene rings is 1. The zero-order chi connectivity index (χ0) is 10.3. The molecule has 2 atom stereocenters. The summed E-state index contributed by atoms with van der Waals surface area (Å²) in [7, 11) is 0.732. The van der Waals surface area contributed by atoms with Crippen molar-refractivity contribution in [1.82, 2.24) is 0 Å². The minimum absolute atomic E-state index is 0. The number of halogens is 2. The zero-order valence-corrected chi connectivity index (χ0v) is 13.9. The van der Waals surface area contributed by atoms with Gasteiger partial charge in [-0.1, -0.05) is 36.4 Å². The molecule has 1 radical (unpaired) electrons. The average molecular weight is 330 g/mol. The maximum Gasteiger partial charge on any atom is 3.00 e. The molecular weight excluding hydrogens is 318 g/mol. The third-order valence-electron chi connectivity index (χ3n) is 3.22. The van der Waals surface area contributed by atoms with Crippen molar-refractivity contribution in [1.29, 1.82) is 0 Å². The van der Waals surface area contributed by atoms with Crippen LogP contribution in [0.1, 0.15) is 23.6 Å². The summed E-state index contributed by atoms with van der Waals surface area (Å²) >= 11 is 0. The summed E-state index contributed by atoms with van der Waals surface area (Å²) in [5.41, 5.74) is 4.13. The second-order valence-electron chi connectivity index (χ2n) is 4.14. The molecule has 1 aromatic carbocycles. The van der Waals surface area contributed by atoms with E-state index in [2.05, 4.69) is 61.0 Å². The van der Waals surface area contributed by atoms with Gasteiger partial charge in [-0.3, -0.25) is 8.19 Å². The second kappa shape index (κ2) is 6.99. The smallest absolute Gasteiger partial charge is 1.00 e. The fourth-order valence-electron chi connectivity index (χ4n) is 2.29. The molecule has 0 saturated carbocycles. The minimum Gasteiger partial charge on any atom is -1.00 e. The van der Waals surface area contributed by atoms with Gasteiger partial charge in [-0.2, -0.15) is 17.2 Å². The molecule has 0 aliphatic heterocycles. The van der Waals surface area contributed by atoms with E-state index >= 15 is 0 Å². The standard InChI is InChI=1S/C14H12P.2ClH.Ti/c1-14(12-7-9-15-10-12)8-6-11-4-2-3-5-13(11)14;;;/h2-9,15H,1H3;2*1H;/q-1;;;+3/p-2.